The normalized spacial score (nSPS) is 10.4. The molecule has 98 valence electrons. The van der Waals surface area contributed by atoms with Crippen molar-refractivity contribution < 1.29 is 4.79 Å². The minimum Gasteiger partial charge on any atom is -0.399 e. The van der Waals surface area contributed by atoms with E-state index < -0.39 is 0 Å². The highest BCUT2D eigenvalue weighted by atomic mass is 35.5. The average molecular weight is 274 g/mol. The Balaban J connectivity index is 1.86. The zero-order chi connectivity index (χ0) is 13.7. The van der Waals surface area contributed by atoms with Crippen LogP contribution >= 0.6 is 11.6 Å². The molecule has 3 heteroatoms. The first-order chi connectivity index (χ1) is 9.13. The molecule has 2 rings (SSSR count). The van der Waals surface area contributed by atoms with E-state index in [1.165, 1.54) is 0 Å². The summed E-state index contributed by atoms with van der Waals surface area (Å²) in [6.45, 7) is 0. The van der Waals surface area contributed by atoms with Crippen LogP contribution < -0.4 is 5.73 Å². The molecule has 2 aromatic rings. The van der Waals surface area contributed by atoms with E-state index in [1.54, 1.807) is 0 Å². The van der Waals surface area contributed by atoms with E-state index in [4.69, 9.17) is 17.3 Å². The molecule has 0 saturated heterocycles. The van der Waals surface area contributed by atoms with Crippen LogP contribution in [0.5, 0.6) is 0 Å². The molecule has 2 N–H and O–H groups in total. The summed E-state index contributed by atoms with van der Waals surface area (Å²) < 4.78 is 0. The van der Waals surface area contributed by atoms with Crippen molar-refractivity contribution in [3.63, 3.8) is 0 Å². The monoisotopic (exact) mass is 273 g/mol. The average Bonchev–Trinajstić information content (AvgIpc) is 2.39. The highest BCUT2D eigenvalue weighted by Gasteiger charge is 2.04. The van der Waals surface area contributed by atoms with Gasteiger partial charge >= 0.3 is 0 Å². The predicted molar refractivity (Wildman–Crippen MR) is 79.3 cm³/mol. The number of rotatable bonds is 5. The molecule has 0 heterocycles. The van der Waals surface area contributed by atoms with Crippen LogP contribution in [0, 0.1) is 0 Å². The van der Waals surface area contributed by atoms with Gasteiger partial charge in [0.1, 0.15) is 5.78 Å². The quantitative estimate of drug-likeness (QED) is 0.845. The second-order valence-corrected chi connectivity index (χ2v) is 5.02. The van der Waals surface area contributed by atoms with Crippen molar-refractivity contribution in [1.29, 1.82) is 0 Å². The maximum atomic E-state index is 11.9. The number of hydrogen-bond donors (Lipinski definition) is 1. The molecule has 0 fully saturated rings. The fraction of sp³-hybridized carbons (Fsp3) is 0.188. The maximum absolute atomic E-state index is 11.9. The van der Waals surface area contributed by atoms with E-state index in [0.717, 1.165) is 23.2 Å². The SMILES string of the molecule is Nc1cccc(CCC(=O)Cc2ccc(Cl)cc2)c1. The van der Waals surface area contributed by atoms with Gasteiger partial charge in [0.05, 0.1) is 0 Å². The summed E-state index contributed by atoms with van der Waals surface area (Å²) in [4.78, 5) is 11.9. The van der Waals surface area contributed by atoms with Crippen molar-refractivity contribution in [2.75, 3.05) is 5.73 Å². The standard InChI is InChI=1S/C16H16ClNO/c17-14-7-4-13(5-8-14)11-16(19)9-6-12-2-1-3-15(18)10-12/h1-5,7-8,10H,6,9,11,18H2. The van der Waals surface area contributed by atoms with Crippen LogP contribution in [0.2, 0.25) is 5.02 Å². The molecule has 2 aromatic carbocycles. The lowest BCUT2D eigenvalue weighted by atomic mass is 10.0. The Morgan fingerprint density at radius 2 is 1.79 bits per heavy atom. The van der Waals surface area contributed by atoms with Crippen LogP contribution in [0.25, 0.3) is 0 Å². The fourth-order valence-electron chi connectivity index (χ4n) is 1.95. The van der Waals surface area contributed by atoms with E-state index in [1.807, 2.05) is 48.5 Å². The van der Waals surface area contributed by atoms with Crippen LogP contribution in [-0.4, -0.2) is 5.78 Å². The van der Waals surface area contributed by atoms with Crippen LogP contribution in [0.4, 0.5) is 5.69 Å². The van der Waals surface area contributed by atoms with Gasteiger partial charge in [0, 0.05) is 23.6 Å². The highest BCUT2D eigenvalue weighted by molar-refractivity contribution is 6.30. The number of Topliss-reactive ketones (excluding diaryl/α,β-unsaturated/α-hetero) is 1. The third-order valence-corrected chi connectivity index (χ3v) is 3.21. The lowest BCUT2D eigenvalue weighted by molar-refractivity contribution is -0.118. The fourth-order valence-corrected chi connectivity index (χ4v) is 2.08. The van der Waals surface area contributed by atoms with E-state index in [2.05, 4.69) is 0 Å². The second-order valence-electron chi connectivity index (χ2n) is 4.59. The summed E-state index contributed by atoms with van der Waals surface area (Å²) in [6.07, 6.45) is 1.73. The number of ketones is 1. The summed E-state index contributed by atoms with van der Waals surface area (Å²) >= 11 is 5.81. The summed E-state index contributed by atoms with van der Waals surface area (Å²) in [7, 11) is 0. The van der Waals surface area contributed by atoms with Gasteiger partial charge < -0.3 is 5.73 Å². The molecule has 0 aliphatic carbocycles. The summed E-state index contributed by atoms with van der Waals surface area (Å²) in [5.74, 6) is 0.227. The molecule has 19 heavy (non-hydrogen) atoms. The van der Waals surface area contributed by atoms with Gasteiger partial charge in [-0.1, -0.05) is 35.9 Å². The number of benzene rings is 2. The lowest BCUT2D eigenvalue weighted by Crippen LogP contribution is -2.04. The Kier molecular flexibility index (Phi) is 4.58. The topological polar surface area (TPSA) is 43.1 Å². The number of aryl methyl sites for hydroxylation is 1. The molecule has 0 aliphatic rings. The number of nitrogen functional groups attached to an aromatic ring is 1. The first-order valence-corrected chi connectivity index (χ1v) is 6.62. The molecule has 0 spiro atoms. The molecule has 0 bridgehead atoms. The van der Waals surface area contributed by atoms with Crippen LogP contribution in [0.3, 0.4) is 0 Å². The molecular formula is C16H16ClNO. The molecule has 0 aliphatic heterocycles. The zero-order valence-electron chi connectivity index (χ0n) is 10.6. The number of nitrogens with two attached hydrogens (primary N) is 1. The predicted octanol–water partition coefficient (Wildman–Crippen LogP) is 3.67. The Hall–Kier alpha value is -1.80. The smallest absolute Gasteiger partial charge is 0.137 e. The van der Waals surface area contributed by atoms with E-state index in [9.17, 15) is 4.79 Å². The molecule has 0 amide bonds. The third-order valence-electron chi connectivity index (χ3n) is 2.96. The van der Waals surface area contributed by atoms with Crippen LogP contribution in [0.1, 0.15) is 17.5 Å². The molecule has 0 unspecified atom stereocenters. The van der Waals surface area contributed by atoms with Crippen molar-refractivity contribution in [1.82, 2.24) is 0 Å². The second kappa shape index (κ2) is 6.39. The van der Waals surface area contributed by atoms with Gasteiger partial charge in [-0.15, -0.1) is 0 Å². The van der Waals surface area contributed by atoms with Crippen molar-refractivity contribution in [2.24, 2.45) is 0 Å². The van der Waals surface area contributed by atoms with Gasteiger partial charge in [0.2, 0.25) is 0 Å². The third kappa shape index (κ3) is 4.42. The molecule has 0 saturated carbocycles. The van der Waals surface area contributed by atoms with E-state index in [0.29, 0.717) is 17.9 Å². The Morgan fingerprint density at radius 1 is 1.05 bits per heavy atom. The Labute approximate surface area is 118 Å². The molecule has 0 atom stereocenters. The number of anilines is 1. The van der Waals surface area contributed by atoms with Gasteiger partial charge in [-0.05, 0) is 41.8 Å². The maximum Gasteiger partial charge on any atom is 0.137 e. The first kappa shape index (κ1) is 13.6. The summed E-state index contributed by atoms with van der Waals surface area (Å²) in [5.41, 5.74) is 8.55. The number of carbonyl (C=O) groups excluding carboxylic acids is 1. The summed E-state index contributed by atoms with van der Waals surface area (Å²) in [5, 5.41) is 0.691. The molecule has 0 aromatic heterocycles. The molecular weight excluding hydrogens is 258 g/mol. The van der Waals surface area contributed by atoms with E-state index >= 15 is 0 Å². The Morgan fingerprint density at radius 3 is 2.47 bits per heavy atom. The van der Waals surface area contributed by atoms with Gasteiger partial charge in [0.15, 0.2) is 0 Å². The zero-order valence-corrected chi connectivity index (χ0v) is 11.4. The minimum atomic E-state index is 0.227. The van der Waals surface area contributed by atoms with Crippen molar-refractivity contribution in [3.8, 4) is 0 Å². The molecule has 2 nitrogen and oxygen atoms in total. The van der Waals surface area contributed by atoms with Crippen molar-refractivity contribution in [2.45, 2.75) is 19.3 Å². The van der Waals surface area contributed by atoms with Gasteiger partial charge in [-0.2, -0.15) is 0 Å². The highest BCUT2D eigenvalue weighted by Crippen LogP contribution is 2.12. The van der Waals surface area contributed by atoms with Gasteiger partial charge in [-0.3, -0.25) is 4.79 Å². The van der Waals surface area contributed by atoms with Crippen LogP contribution in [0.15, 0.2) is 48.5 Å². The number of hydrogen-bond acceptors (Lipinski definition) is 2. The largest absolute Gasteiger partial charge is 0.399 e. The van der Waals surface area contributed by atoms with Gasteiger partial charge in [0.25, 0.3) is 0 Å². The van der Waals surface area contributed by atoms with E-state index in [-0.39, 0.29) is 5.78 Å². The van der Waals surface area contributed by atoms with Crippen molar-refractivity contribution >= 4 is 23.1 Å². The first-order valence-electron chi connectivity index (χ1n) is 6.24. The van der Waals surface area contributed by atoms with Crippen LogP contribution in [-0.2, 0) is 17.6 Å². The minimum absolute atomic E-state index is 0.227. The lowest BCUT2D eigenvalue weighted by Gasteiger charge is -2.03. The van der Waals surface area contributed by atoms with Gasteiger partial charge in [-0.25, -0.2) is 0 Å². The number of halogens is 1. The Bertz CT molecular complexity index is 563. The molecule has 0 radical (unpaired) electrons. The summed E-state index contributed by atoms with van der Waals surface area (Å²) in [6, 6.07) is 15.1. The number of carbonyl (C=O) groups is 1. The van der Waals surface area contributed by atoms with Crippen molar-refractivity contribution in [3.05, 3.63) is 64.7 Å².